The molecule has 1 aromatic rings. The smallest absolute Gasteiger partial charge is 0.193 e. The fourth-order valence-corrected chi connectivity index (χ4v) is 5.11. The number of ether oxygens (including phenoxy) is 1. The van der Waals surface area contributed by atoms with Crippen LogP contribution in [-0.4, -0.2) is 61.8 Å². The number of aliphatic imine (C=N–C) groups is 1. The van der Waals surface area contributed by atoms with Gasteiger partial charge in [0.05, 0.1) is 12.7 Å². The summed E-state index contributed by atoms with van der Waals surface area (Å²) in [5, 5.41) is 3.59. The van der Waals surface area contributed by atoms with E-state index >= 15 is 0 Å². The monoisotopic (exact) mass is 385 g/mol. The maximum Gasteiger partial charge on any atom is 0.193 e. The molecule has 154 valence electrons. The maximum absolute atomic E-state index is 5.65. The summed E-state index contributed by atoms with van der Waals surface area (Å²) >= 11 is 0. The van der Waals surface area contributed by atoms with E-state index < -0.39 is 0 Å². The lowest BCUT2D eigenvalue weighted by molar-refractivity contribution is 0.0529. The molecule has 4 rings (SSSR count). The zero-order valence-electron chi connectivity index (χ0n) is 17.5. The lowest BCUT2D eigenvalue weighted by Gasteiger charge is -2.33. The normalized spacial score (nSPS) is 25.4. The fraction of sp³-hybridized carbons (Fsp3) is 0.727. The number of anilines is 1. The second-order valence-electron chi connectivity index (χ2n) is 8.78. The van der Waals surface area contributed by atoms with E-state index in [-0.39, 0.29) is 6.10 Å². The third-order valence-corrected chi connectivity index (χ3v) is 6.69. The molecule has 1 unspecified atom stereocenters. The number of nitrogens with one attached hydrogen (secondary N) is 1. The highest BCUT2D eigenvalue weighted by Gasteiger charge is 2.39. The average molecular weight is 386 g/mol. The van der Waals surface area contributed by atoms with E-state index in [1.54, 1.807) is 0 Å². The highest BCUT2D eigenvalue weighted by atomic mass is 16.5. The van der Waals surface area contributed by atoms with Crippen molar-refractivity contribution in [2.24, 2.45) is 10.4 Å². The Kier molecular flexibility index (Phi) is 6.04. The van der Waals surface area contributed by atoms with Crippen molar-refractivity contribution in [3.8, 4) is 0 Å². The second kappa shape index (κ2) is 8.68. The summed E-state index contributed by atoms with van der Waals surface area (Å²) in [6.45, 7) is 7.79. The van der Waals surface area contributed by atoms with Crippen LogP contribution in [0.5, 0.6) is 0 Å². The predicted octanol–water partition coefficient (Wildman–Crippen LogP) is 3.04. The van der Waals surface area contributed by atoms with Crippen LogP contribution in [0.25, 0.3) is 0 Å². The molecule has 0 aromatic carbocycles. The van der Waals surface area contributed by atoms with Crippen molar-refractivity contribution in [3.05, 3.63) is 23.9 Å². The van der Waals surface area contributed by atoms with Crippen LogP contribution in [0.1, 0.15) is 51.0 Å². The lowest BCUT2D eigenvalue weighted by atomic mass is 9.73. The summed E-state index contributed by atoms with van der Waals surface area (Å²) in [6, 6.07) is 4.30. The minimum absolute atomic E-state index is 0.262. The molecule has 2 aliphatic heterocycles. The van der Waals surface area contributed by atoms with Crippen molar-refractivity contribution in [1.82, 2.24) is 15.2 Å². The number of aromatic nitrogens is 1. The molecule has 1 aliphatic carbocycles. The first-order valence-corrected chi connectivity index (χ1v) is 10.9. The van der Waals surface area contributed by atoms with E-state index in [9.17, 15) is 0 Å². The second-order valence-corrected chi connectivity index (χ2v) is 8.78. The summed E-state index contributed by atoms with van der Waals surface area (Å²) in [4.78, 5) is 13.9. The third-order valence-electron chi connectivity index (χ3n) is 6.69. The van der Waals surface area contributed by atoms with Gasteiger partial charge in [-0.05, 0) is 49.3 Å². The Labute approximate surface area is 169 Å². The van der Waals surface area contributed by atoms with Crippen molar-refractivity contribution < 1.29 is 4.74 Å². The fourth-order valence-electron chi connectivity index (χ4n) is 5.11. The van der Waals surface area contributed by atoms with Crippen LogP contribution in [0, 0.1) is 5.41 Å². The third kappa shape index (κ3) is 4.43. The average Bonchev–Trinajstić information content (AvgIpc) is 3.12. The Morgan fingerprint density at radius 1 is 1.29 bits per heavy atom. The topological polar surface area (TPSA) is 53.0 Å². The zero-order valence-corrected chi connectivity index (χ0v) is 17.5. The van der Waals surface area contributed by atoms with Gasteiger partial charge in [-0.2, -0.15) is 0 Å². The minimum atomic E-state index is 0.262. The summed E-state index contributed by atoms with van der Waals surface area (Å²) in [7, 11) is 1.90. The van der Waals surface area contributed by atoms with Gasteiger partial charge in [0.25, 0.3) is 0 Å². The highest BCUT2D eigenvalue weighted by molar-refractivity contribution is 5.80. The quantitative estimate of drug-likeness (QED) is 0.640. The molecule has 0 bridgehead atoms. The summed E-state index contributed by atoms with van der Waals surface area (Å²) in [5.41, 5.74) is 1.80. The van der Waals surface area contributed by atoms with E-state index in [1.807, 2.05) is 13.2 Å². The molecule has 0 radical (unpaired) electrons. The molecule has 6 heteroatoms. The molecule has 0 amide bonds. The first-order chi connectivity index (χ1) is 13.7. The van der Waals surface area contributed by atoms with Gasteiger partial charge in [0, 0.05) is 46.0 Å². The van der Waals surface area contributed by atoms with Crippen molar-refractivity contribution >= 4 is 11.8 Å². The Balaban J connectivity index is 1.35. The zero-order chi connectivity index (χ0) is 19.4. The molecule has 1 N–H and O–H groups in total. The van der Waals surface area contributed by atoms with Crippen LogP contribution in [0.3, 0.4) is 0 Å². The number of nitrogens with zero attached hydrogens (tertiary/aromatic N) is 4. The van der Waals surface area contributed by atoms with Crippen molar-refractivity contribution in [1.29, 1.82) is 0 Å². The van der Waals surface area contributed by atoms with Gasteiger partial charge in [-0.3, -0.25) is 4.99 Å². The maximum atomic E-state index is 5.65. The molecule has 6 nitrogen and oxygen atoms in total. The Morgan fingerprint density at radius 2 is 2.14 bits per heavy atom. The van der Waals surface area contributed by atoms with Crippen LogP contribution >= 0.6 is 0 Å². The number of likely N-dealkylation sites (tertiary alicyclic amines) is 1. The van der Waals surface area contributed by atoms with Crippen molar-refractivity contribution in [3.63, 3.8) is 0 Å². The SMILES string of the molecule is CN=C(NCc1ccnc(N2CCOC(C)C2)c1)N1CCC2(CCCCC2)C1. The summed E-state index contributed by atoms with van der Waals surface area (Å²) in [6.07, 6.45) is 10.5. The van der Waals surface area contributed by atoms with Crippen molar-refractivity contribution in [2.45, 2.75) is 58.1 Å². The van der Waals surface area contributed by atoms with Gasteiger partial charge < -0.3 is 19.9 Å². The molecule has 28 heavy (non-hydrogen) atoms. The first kappa shape index (κ1) is 19.5. The molecular formula is C22H35N5O. The van der Waals surface area contributed by atoms with Crippen molar-refractivity contribution in [2.75, 3.05) is 44.7 Å². The number of morpholine rings is 1. The molecule has 3 fully saturated rings. The number of hydrogen-bond acceptors (Lipinski definition) is 4. The molecule has 1 saturated carbocycles. The Hall–Kier alpha value is -1.82. The summed E-state index contributed by atoms with van der Waals surface area (Å²) in [5.74, 6) is 2.09. The molecule has 3 aliphatic rings. The predicted molar refractivity (Wildman–Crippen MR) is 114 cm³/mol. The van der Waals surface area contributed by atoms with E-state index in [2.05, 4.69) is 44.1 Å². The van der Waals surface area contributed by atoms with Crippen LogP contribution < -0.4 is 10.2 Å². The Bertz CT molecular complexity index is 685. The highest BCUT2D eigenvalue weighted by Crippen LogP contribution is 2.43. The summed E-state index contributed by atoms with van der Waals surface area (Å²) < 4.78 is 5.65. The standard InChI is InChI=1S/C22H35N5O/c1-18-16-26(12-13-28-18)20-14-19(6-10-24-20)15-25-21(23-2)27-11-9-22(17-27)7-4-3-5-8-22/h6,10,14,18H,3-5,7-9,11-13,15-17H2,1-2H3,(H,23,25). The molecular weight excluding hydrogens is 350 g/mol. The van der Waals surface area contributed by atoms with Gasteiger partial charge in [0.2, 0.25) is 0 Å². The van der Waals surface area contributed by atoms with Gasteiger partial charge in [-0.25, -0.2) is 4.98 Å². The van der Waals surface area contributed by atoms with Crippen LogP contribution in [-0.2, 0) is 11.3 Å². The van der Waals surface area contributed by atoms with Crippen LogP contribution in [0.4, 0.5) is 5.82 Å². The van der Waals surface area contributed by atoms with Gasteiger partial charge in [0.15, 0.2) is 5.96 Å². The lowest BCUT2D eigenvalue weighted by Crippen LogP contribution is -2.42. The number of pyridine rings is 1. The van der Waals surface area contributed by atoms with Crippen LogP contribution in [0.2, 0.25) is 0 Å². The number of rotatable bonds is 3. The first-order valence-electron chi connectivity index (χ1n) is 10.9. The van der Waals surface area contributed by atoms with Gasteiger partial charge in [0.1, 0.15) is 5.82 Å². The largest absolute Gasteiger partial charge is 0.375 e. The molecule has 1 atom stereocenters. The molecule has 3 heterocycles. The van der Waals surface area contributed by atoms with Gasteiger partial charge in [-0.1, -0.05) is 19.3 Å². The van der Waals surface area contributed by atoms with E-state index in [1.165, 1.54) is 50.6 Å². The molecule has 1 aromatic heterocycles. The molecule has 2 saturated heterocycles. The van der Waals surface area contributed by atoms with Gasteiger partial charge in [-0.15, -0.1) is 0 Å². The minimum Gasteiger partial charge on any atom is -0.375 e. The van der Waals surface area contributed by atoms with E-state index in [0.29, 0.717) is 5.41 Å². The number of hydrogen-bond donors (Lipinski definition) is 1. The van der Waals surface area contributed by atoms with E-state index in [0.717, 1.165) is 44.6 Å². The molecule has 1 spiro atoms. The van der Waals surface area contributed by atoms with Gasteiger partial charge >= 0.3 is 0 Å². The van der Waals surface area contributed by atoms with E-state index in [4.69, 9.17) is 4.74 Å². The Morgan fingerprint density at radius 3 is 2.93 bits per heavy atom. The number of guanidine groups is 1. The van der Waals surface area contributed by atoms with Crippen LogP contribution in [0.15, 0.2) is 23.3 Å².